The van der Waals surface area contributed by atoms with E-state index in [2.05, 4.69) is 43.3 Å². The summed E-state index contributed by atoms with van der Waals surface area (Å²) in [4.78, 5) is 11.7. The molecule has 0 atom stereocenters. The molecule has 5 rings (SSSR count). The number of aromatic nitrogens is 3. The van der Waals surface area contributed by atoms with Gasteiger partial charge in [-0.3, -0.25) is 4.40 Å². The molecular formula is C23H22BrN5O2. The Labute approximate surface area is 188 Å². The fraction of sp³-hybridized carbons (Fsp3) is 0.217. The summed E-state index contributed by atoms with van der Waals surface area (Å²) in [7, 11) is 1.70. The van der Waals surface area contributed by atoms with Gasteiger partial charge in [-0.2, -0.15) is 0 Å². The molecule has 158 valence electrons. The lowest BCUT2D eigenvalue weighted by atomic mass is 10.1. The molecule has 1 aliphatic heterocycles. The molecule has 0 spiro atoms. The number of hydrogen-bond acceptors (Lipinski definition) is 6. The van der Waals surface area contributed by atoms with Gasteiger partial charge < -0.3 is 19.7 Å². The number of benzene rings is 2. The third kappa shape index (κ3) is 4.08. The van der Waals surface area contributed by atoms with Gasteiger partial charge in [0, 0.05) is 47.3 Å². The molecule has 1 saturated heterocycles. The normalized spacial score (nSPS) is 14.1. The summed E-state index contributed by atoms with van der Waals surface area (Å²) < 4.78 is 14.2. The number of methoxy groups -OCH3 is 1. The van der Waals surface area contributed by atoms with E-state index in [9.17, 15) is 0 Å². The molecule has 0 unspecified atom stereocenters. The lowest BCUT2D eigenvalue weighted by Crippen LogP contribution is -2.36. The maximum Gasteiger partial charge on any atom is 0.213 e. The zero-order chi connectivity index (χ0) is 21.2. The Morgan fingerprint density at radius 1 is 1.06 bits per heavy atom. The number of hydrogen-bond donors (Lipinski definition) is 1. The molecule has 0 bridgehead atoms. The van der Waals surface area contributed by atoms with Gasteiger partial charge in [0.25, 0.3) is 0 Å². The number of ether oxygens (including phenoxy) is 2. The molecule has 31 heavy (non-hydrogen) atoms. The van der Waals surface area contributed by atoms with Gasteiger partial charge in [0.2, 0.25) is 5.95 Å². The summed E-state index contributed by atoms with van der Waals surface area (Å²) in [6, 6.07) is 16.2. The lowest BCUT2D eigenvalue weighted by Gasteiger charge is -2.30. The minimum atomic E-state index is 0.698. The van der Waals surface area contributed by atoms with E-state index in [1.165, 1.54) is 0 Å². The third-order valence-electron chi connectivity index (χ3n) is 5.32. The Kier molecular flexibility index (Phi) is 5.48. The number of anilines is 3. The highest BCUT2D eigenvalue weighted by atomic mass is 79.9. The summed E-state index contributed by atoms with van der Waals surface area (Å²) in [6.07, 6.45) is 3.67. The first-order valence-electron chi connectivity index (χ1n) is 10.1. The second-order valence-electron chi connectivity index (χ2n) is 7.24. The van der Waals surface area contributed by atoms with Crippen molar-refractivity contribution in [2.24, 2.45) is 0 Å². The highest BCUT2D eigenvalue weighted by Gasteiger charge is 2.17. The monoisotopic (exact) mass is 479 g/mol. The van der Waals surface area contributed by atoms with Gasteiger partial charge in [0.1, 0.15) is 11.4 Å². The summed E-state index contributed by atoms with van der Waals surface area (Å²) in [5.74, 6) is 1.52. The maximum atomic E-state index is 5.72. The SMILES string of the molecule is COc1cc(-c2cc3nccn3c(Nc3ccc(Br)cc3)n2)ccc1N1CCOCC1. The first-order chi connectivity index (χ1) is 15.2. The van der Waals surface area contributed by atoms with Crippen LogP contribution in [-0.4, -0.2) is 47.8 Å². The van der Waals surface area contributed by atoms with Crippen molar-refractivity contribution in [2.75, 3.05) is 43.6 Å². The van der Waals surface area contributed by atoms with Crippen molar-refractivity contribution in [1.29, 1.82) is 0 Å². The molecule has 0 radical (unpaired) electrons. The summed E-state index contributed by atoms with van der Waals surface area (Å²) in [6.45, 7) is 3.17. The van der Waals surface area contributed by atoms with Crippen LogP contribution >= 0.6 is 15.9 Å². The van der Waals surface area contributed by atoms with Gasteiger partial charge in [-0.05, 0) is 36.4 Å². The molecular weight excluding hydrogens is 458 g/mol. The van der Waals surface area contributed by atoms with Crippen molar-refractivity contribution in [3.05, 3.63) is 65.4 Å². The van der Waals surface area contributed by atoms with Crippen molar-refractivity contribution in [3.8, 4) is 17.0 Å². The Morgan fingerprint density at radius 3 is 2.65 bits per heavy atom. The number of morpholine rings is 1. The molecule has 0 saturated carbocycles. The van der Waals surface area contributed by atoms with Gasteiger partial charge >= 0.3 is 0 Å². The Bertz CT molecular complexity index is 1200. The minimum Gasteiger partial charge on any atom is -0.495 e. The molecule has 4 aromatic rings. The van der Waals surface area contributed by atoms with Crippen molar-refractivity contribution >= 4 is 38.9 Å². The van der Waals surface area contributed by atoms with Crippen LogP contribution in [0.5, 0.6) is 5.75 Å². The van der Waals surface area contributed by atoms with Gasteiger partial charge in [-0.15, -0.1) is 0 Å². The molecule has 0 amide bonds. The van der Waals surface area contributed by atoms with E-state index in [1.54, 1.807) is 13.3 Å². The Balaban J connectivity index is 1.53. The van der Waals surface area contributed by atoms with E-state index < -0.39 is 0 Å². The van der Waals surface area contributed by atoms with Crippen LogP contribution in [0.2, 0.25) is 0 Å². The van der Waals surface area contributed by atoms with E-state index >= 15 is 0 Å². The van der Waals surface area contributed by atoms with Crippen molar-refractivity contribution < 1.29 is 9.47 Å². The van der Waals surface area contributed by atoms with Crippen LogP contribution in [0, 0.1) is 0 Å². The van der Waals surface area contributed by atoms with Gasteiger partial charge in [0.05, 0.1) is 31.7 Å². The molecule has 1 aliphatic rings. The molecule has 2 aromatic heterocycles. The van der Waals surface area contributed by atoms with Crippen LogP contribution < -0.4 is 15.0 Å². The summed E-state index contributed by atoms with van der Waals surface area (Å²) in [5.41, 5.74) is 4.64. The Morgan fingerprint density at radius 2 is 1.87 bits per heavy atom. The van der Waals surface area contributed by atoms with Crippen LogP contribution in [0.1, 0.15) is 0 Å². The molecule has 0 aliphatic carbocycles. The average Bonchev–Trinajstić information content (AvgIpc) is 3.30. The van der Waals surface area contributed by atoms with E-state index in [-0.39, 0.29) is 0 Å². The minimum absolute atomic E-state index is 0.698. The van der Waals surface area contributed by atoms with Crippen LogP contribution in [0.4, 0.5) is 17.3 Å². The van der Waals surface area contributed by atoms with Crippen molar-refractivity contribution in [3.63, 3.8) is 0 Å². The number of fused-ring (bicyclic) bond motifs is 1. The van der Waals surface area contributed by atoms with E-state index in [0.29, 0.717) is 5.95 Å². The quantitative estimate of drug-likeness (QED) is 0.445. The van der Waals surface area contributed by atoms with Crippen molar-refractivity contribution in [2.45, 2.75) is 0 Å². The molecule has 1 N–H and O–H groups in total. The second-order valence-corrected chi connectivity index (χ2v) is 8.15. The molecule has 3 heterocycles. The smallest absolute Gasteiger partial charge is 0.213 e. The standard InChI is InChI=1S/C23H22BrN5O2/c1-30-21-14-16(2-7-20(21)28-10-12-31-13-11-28)19-15-22-25-8-9-29(22)23(27-19)26-18-5-3-17(24)4-6-18/h2-9,14-15H,10-13H2,1H3,(H,26,27). The zero-order valence-electron chi connectivity index (χ0n) is 17.1. The Hall–Kier alpha value is -3.10. The first kappa shape index (κ1) is 19.8. The largest absolute Gasteiger partial charge is 0.495 e. The fourth-order valence-electron chi connectivity index (χ4n) is 3.72. The molecule has 1 fully saturated rings. The summed E-state index contributed by atoms with van der Waals surface area (Å²) in [5, 5.41) is 3.40. The van der Waals surface area contributed by atoms with E-state index in [4.69, 9.17) is 14.5 Å². The molecule has 2 aromatic carbocycles. The number of rotatable bonds is 5. The third-order valence-corrected chi connectivity index (χ3v) is 5.85. The van der Waals surface area contributed by atoms with Gasteiger partial charge in [0.15, 0.2) is 0 Å². The predicted molar refractivity (Wildman–Crippen MR) is 125 cm³/mol. The van der Waals surface area contributed by atoms with Crippen LogP contribution in [0.3, 0.4) is 0 Å². The first-order valence-corrected chi connectivity index (χ1v) is 10.9. The highest BCUT2D eigenvalue weighted by molar-refractivity contribution is 9.10. The highest BCUT2D eigenvalue weighted by Crippen LogP contribution is 2.34. The number of nitrogens with zero attached hydrogens (tertiary/aromatic N) is 4. The molecule has 8 heteroatoms. The van der Waals surface area contributed by atoms with Crippen LogP contribution in [0.25, 0.3) is 16.9 Å². The maximum absolute atomic E-state index is 5.72. The van der Waals surface area contributed by atoms with Crippen LogP contribution in [0.15, 0.2) is 65.4 Å². The van der Waals surface area contributed by atoms with Gasteiger partial charge in [-0.1, -0.05) is 22.0 Å². The average molecular weight is 480 g/mol. The number of halogens is 1. The van der Waals surface area contributed by atoms with E-state index in [1.807, 2.05) is 47.0 Å². The van der Waals surface area contributed by atoms with E-state index in [0.717, 1.165) is 64.8 Å². The fourth-order valence-corrected chi connectivity index (χ4v) is 3.99. The van der Waals surface area contributed by atoms with Crippen molar-refractivity contribution in [1.82, 2.24) is 14.4 Å². The molecule has 7 nitrogen and oxygen atoms in total. The van der Waals surface area contributed by atoms with Crippen LogP contribution in [-0.2, 0) is 4.74 Å². The predicted octanol–water partition coefficient (Wildman–Crippen LogP) is 4.75. The number of imidazole rings is 1. The van der Waals surface area contributed by atoms with Gasteiger partial charge in [-0.25, -0.2) is 9.97 Å². The second kappa shape index (κ2) is 8.56. The topological polar surface area (TPSA) is 63.9 Å². The summed E-state index contributed by atoms with van der Waals surface area (Å²) >= 11 is 3.47. The lowest BCUT2D eigenvalue weighted by molar-refractivity contribution is 0.122. The zero-order valence-corrected chi connectivity index (χ0v) is 18.7. The number of nitrogens with one attached hydrogen (secondary N) is 1.